The molecule has 0 aliphatic heterocycles. The highest BCUT2D eigenvalue weighted by Crippen LogP contribution is 1.98. The number of ketones is 1. The van der Waals surface area contributed by atoms with Crippen molar-refractivity contribution in [3.63, 3.8) is 0 Å². The zero-order valence-electron chi connectivity index (χ0n) is 7.75. The van der Waals surface area contributed by atoms with Gasteiger partial charge in [0.1, 0.15) is 0 Å². The van der Waals surface area contributed by atoms with Gasteiger partial charge in [-0.25, -0.2) is 0 Å². The van der Waals surface area contributed by atoms with Gasteiger partial charge in [0.15, 0.2) is 5.78 Å². The van der Waals surface area contributed by atoms with Crippen LogP contribution in [0.1, 0.15) is 5.01 Å². The van der Waals surface area contributed by atoms with Gasteiger partial charge >= 0.3 is 0 Å². The number of aryl methyl sites for hydroxylation is 1. The van der Waals surface area contributed by atoms with Gasteiger partial charge in [-0.3, -0.25) is 9.78 Å². The normalized spacial score (nSPS) is 15.1. The third-order valence-corrected chi connectivity index (χ3v) is 2.18. The highest BCUT2D eigenvalue weighted by atomic mass is 32.1. The lowest BCUT2D eigenvalue weighted by Crippen LogP contribution is -2.03. The molecule has 14 heavy (non-hydrogen) atoms. The van der Waals surface area contributed by atoms with E-state index in [0.29, 0.717) is 0 Å². The summed E-state index contributed by atoms with van der Waals surface area (Å²) < 4.78 is 0. The average Bonchev–Trinajstić information content (AvgIpc) is 2.63. The van der Waals surface area contributed by atoms with Crippen molar-refractivity contribution in [2.45, 2.75) is 13.0 Å². The van der Waals surface area contributed by atoms with Crippen molar-refractivity contribution in [3.05, 3.63) is 40.9 Å². The van der Waals surface area contributed by atoms with Crippen molar-refractivity contribution < 1.29 is 9.90 Å². The van der Waals surface area contributed by atoms with Crippen LogP contribution in [0.15, 0.2) is 35.9 Å². The second-order valence-electron chi connectivity index (χ2n) is 2.66. The summed E-state index contributed by atoms with van der Waals surface area (Å²) in [6.07, 6.45) is 6.84. The van der Waals surface area contributed by atoms with E-state index in [-0.39, 0.29) is 5.78 Å². The van der Waals surface area contributed by atoms with E-state index in [9.17, 15) is 4.79 Å². The summed E-state index contributed by atoms with van der Waals surface area (Å²) in [5.41, 5.74) is 0. The molecule has 0 saturated carbocycles. The van der Waals surface area contributed by atoms with Crippen molar-refractivity contribution in [2.75, 3.05) is 0 Å². The number of rotatable bonds is 0. The second kappa shape index (κ2) is 5.47. The molecule has 4 heteroatoms. The first-order chi connectivity index (χ1) is 6.68. The molecule has 0 unspecified atom stereocenters. The fourth-order valence-corrected chi connectivity index (χ4v) is 1.24. The first-order valence-corrected chi connectivity index (χ1v) is 5.01. The molecule has 1 aliphatic carbocycles. The molecular weight excluding hydrogens is 198 g/mol. The van der Waals surface area contributed by atoms with E-state index in [1.165, 1.54) is 24.3 Å². The second-order valence-corrected chi connectivity index (χ2v) is 3.76. The van der Waals surface area contributed by atoms with Gasteiger partial charge in [0.25, 0.3) is 0 Å². The molecule has 3 nitrogen and oxygen atoms in total. The van der Waals surface area contributed by atoms with Crippen LogP contribution in [0.25, 0.3) is 0 Å². The molecule has 0 amide bonds. The summed E-state index contributed by atoms with van der Waals surface area (Å²) in [6, 6.07) is 0. The first-order valence-electron chi connectivity index (χ1n) is 4.13. The molecule has 0 radical (unpaired) electrons. The zero-order valence-corrected chi connectivity index (χ0v) is 8.57. The molecule has 1 N–H and O–H groups in total. The number of carbonyl (C=O) groups is 1. The van der Waals surface area contributed by atoms with Gasteiger partial charge in [-0.15, -0.1) is 11.3 Å². The van der Waals surface area contributed by atoms with Crippen molar-refractivity contribution in [1.29, 1.82) is 0 Å². The fourth-order valence-electron chi connectivity index (χ4n) is 0.801. The van der Waals surface area contributed by atoms with E-state index < -0.39 is 6.10 Å². The summed E-state index contributed by atoms with van der Waals surface area (Å²) in [6.45, 7) is 1.99. The molecule has 1 aromatic rings. The van der Waals surface area contributed by atoms with Gasteiger partial charge in [0, 0.05) is 11.6 Å². The van der Waals surface area contributed by atoms with E-state index in [1.54, 1.807) is 17.5 Å². The van der Waals surface area contributed by atoms with Crippen molar-refractivity contribution >= 4 is 17.1 Å². The minimum Gasteiger partial charge on any atom is -0.385 e. The molecule has 0 atom stereocenters. The molecule has 0 aromatic carbocycles. The van der Waals surface area contributed by atoms with Gasteiger partial charge in [0.05, 0.1) is 11.1 Å². The molecule has 74 valence electrons. The number of aliphatic hydroxyl groups is 1. The Morgan fingerprint density at radius 2 is 2.07 bits per heavy atom. The summed E-state index contributed by atoms with van der Waals surface area (Å²) in [5.74, 6) is -0.0599. The SMILES string of the molecule is Cc1nccs1.O=C1C=CC(O)C=C1. The smallest absolute Gasteiger partial charge is 0.178 e. The van der Waals surface area contributed by atoms with Crippen molar-refractivity contribution in [1.82, 2.24) is 4.98 Å². The lowest BCUT2D eigenvalue weighted by Gasteiger charge is -1.98. The predicted octanol–water partition coefficient (Wildman–Crippen LogP) is 1.49. The van der Waals surface area contributed by atoms with Crippen molar-refractivity contribution in [3.8, 4) is 0 Å². The van der Waals surface area contributed by atoms with Crippen LogP contribution in [0.5, 0.6) is 0 Å². The van der Waals surface area contributed by atoms with Crippen LogP contribution in [-0.2, 0) is 4.79 Å². The standard InChI is InChI=1S/C6H6O2.C4H5NS/c7-5-1-2-6(8)4-3-5;1-4-5-2-3-6-4/h1-5,7H;2-3H,1H3. The highest BCUT2D eigenvalue weighted by molar-refractivity contribution is 7.09. The number of hydrogen-bond donors (Lipinski definition) is 1. The maximum absolute atomic E-state index is 10.3. The minimum atomic E-state index is -0.562. The lowest BCUT2D eigenvalue weighted by atomic mass is 10.2. The number of aliphatic hydroxyl groups excluding tert-OH is 1. The van der Waals surface area contributed by atoms with Crippen LogP contribution in [-0.4, -0.2) is 22.0 Å². The molecule has 0 spiro atoms. The van der Waals surface area contributed by atoms with Gasteiger partial charge in [-0.2, -0.15) is 0 Å². The van der Waals surface area contributed by atoms with Crippen LogP contribution in [0, 0.1) is 6.92 Å². The van der Waals surface area contributed by atoms with Crippen LogP contribution in [0.4, 0.5) is 0 Å². The Bertz CT molecular complexity index is 325. The summed E-state index contributed by atoms with van der Waals surface area (Å²) in [5, 5.41) is 11.8. The summed E-state index contributed by atoms with van der Waals surface area (Å²) in [7, 11) is 0. The fraction of sp³-hybridized carbons (Fsp3) is 0.200. The molecule has 1 aromatic heterocycles. The molecule has 0 bridgehead atoms. The van der Waals surface area contributed by atoms with Crippen LogP contribution in [0.2, 0.25) is 0 Å². The van der Waals surface area contributed by atoms with Crippen molar-refractivity contribution in [2.24, 2.45) is 0 Å². The third kappa shape index (κ3) is 4.11. The zero-order chi connectivity index (χ0) is 10.4. The molecular formula is C10H11NO2S. The highest BCUT2D eigenvalue weighted by Gasteiger charge is 1.99. The van der Waals surface area contributed by atoms with Gasteiger partial charge in [-0.1, -0.05) is 0 Å². The molecule has 2 rings (SSSR count). The number of allylic oxidation sites excluding steroid dienone is 2. The van der Waals surface area contributed by atoms with E-state index in [2.05, 4.69) is 4.98 Å². The molecule has 0 fully saturated rings. The van der Waals surface area contributed by atoms with E-state index in [0.717, 1.165) is 5.01 Å². The Balaban J connectivity index is 0.000000146. The number of thiazole rings is 1. The maximum Gasteiger partial charge on any atom is 0.178 e. The van der Waals surface area contributed by atoms with Crippen LogP contribution in [0.3, 0.4) is 0 Å². The topological polar surface area (TPSA) is 50.2 Å². The van der Waals surface area contributed by atoms with Gasteiger partial charge in [0.2, 0.25) is 0 Å². The number of nitrogens with zero attached hydrogens (tertiary/aromatic N) is 1. The predicted molar refractivity (Wildman–Crippen MR) is 56.1 cm³/mol. The Morgan fingerprint density at radius 3 is 2.36 bits per heavy atom. The quantitative estimate of drug-likeness (QED) is 0.704. The minimum absolute atomic E-state index is 0.0599. The summed E-state index contributed by atoms with van der Waals surface area (Å²) in [4.78, 5) is 14.3. The van der Waals surface area contributed by atoms with Gasteiger partial charge < -0.3 is 5.11 Å². The lowest BCUT2D eigenvalue weighted by molar-refractivity contribution is -0.110. The Hall–Kier alpha value is -1.26. The Labute approximate surface area is 86.4 Å². The van der Waals surface area contributed by atoms with E-state index in [4.69, 9.17) is 5.11 Å². The van der Waals surface area contributed by atoms with E-state index in [1.807, 2.05) is 12.3 Å². The van der Waals surface area contributed by atoms with Gasteiger partial charge in [-0.05, 0) is 31.2 Å². The van der Waals surface area contributed by atoms with Crippen LogP contribution >= 0.6 is 11.3 Å². The average molecular weight is 209 g/mol. The monoisotopic (exact) mass is 209 g/mol. The number of carbonyl (C=O) groups excluding carboxylic acids is 1. The third-order valence-electron chi connectivity index (χ3n) is 1.47. The first kappa shape index (κ1) is 10.8. The maximum atomic E-state index is 10.3. The summed E-state index contributed by atoms with van der Waals surface area (Å²) >= 11 is 1.67. The number of aromatic nitrogens is 1. The molecule has 1 heterocycles. The van der Waals surface area contributed by atoms with Crippen LogP contribution < -0.4 is 0 Å². The van der Waals surface area contributed by atoms with E-state index >= 15 is 0 Å². The number of hydrogen-bond acceptors (Lipinski definition) is 4. The largest absolute Gasteiger partial charge is 0.385 e. The Morgan fingerprint density at radius 1 is 1.43 bits per heavy atom. The molecule has 0 saturated heterocycles. The molecule has 1 aliphatic rings. The Kier molecular flexibility index (Phi) is 4.22.